The van der Waals surface area contributed by atoms with Gasteiger partial charge in [-0.25, -0.2) is 0 Å². The Morgan fingerprint density at radius 3 is 2.29 bits per heavy atom. The summed E-state index contributed by atoms with van der Waals surface area (Å²) >= 11 is 0. The quantitative estimate of drug-likeness (QED) is 0.817. The van der Waals surface area contributed by atoms with Gasteiger partial charge in [0.15, 0.2) is 0 Å². The molecule has 0 aromatic heterocycles. The molecule has 0 aliphatic carbocycles. The third-order valence-electron chi connectivity index (χ3n) is 3.94. The molecule has 0 amide bonds. The van der Waals surface area contributed by atoms with Crippen molar-refractivity contribution < 1.29 is 5.11 Å². The minimum absolute atomic E-state index is 0.0462. The van der Waals surface area contributed by atoms with Gasteiger partial charge in [0.2, 0.25) is 0 Å². The average Bonchev–Trinajstić information content (AvgIpc) is 2.45. The number of benzene rings is 2. The van der Waals surface area contributed by atoms with Crippen molar-refractivity contribution in [3.8, 4) is 5.75 Å². The van der Waals surface area contributed by atoms with Crippen LogP contribution in [0.25, 0.3) is 0 Å². The van der Waals surface area contributed by atoms with E-state index in [1.807, 2.05) is 12.1 Å². The lowest BCUT2D eigenvalue weighted by molar-refractivity contribution is 0.470. The molecule has 0 radical (unpaired) electrons. The van der Waals surface area contributed by atoms with Gasteiger partial charge in [0.05, 0.1) is 0 Å². The Hall–Kier alpha value is -1.96. The molecule has 0 spiro atoms. The lowest BCUT2D eigenvalue weighted by Gasteiger charge is -2.26. The van der Waals surface area contributed by atoms with Gasteiger partial charge in [0.25, 0.3) is 0 Å². The van der Waals surface area contributed by atoms with Crippen LogP contribution in [-0.4, -0.2) is 11.7 Å². The van der Waals surface area contributed by atoms with Gasteiger partial charge in [-0.05, 0) is 41.3 Å². The Labute approximate surface area is 127 Å². The summed E-state index contributed by atoms with van der Waals surface area (Å²) in [6, 6.07) is 16.1. The molecular formula is C19H25NO. The van der Waals surface area contributed by atoms with Gasteiger partial charge in [0, 0.05) is 17.6 Å². The van der Waals surface area contributed by atoms with E-state index in [1.165, 1.54) is 5.56 Å². The zero-order chi connectivity index (χ0) is 15.5. The van der Waals surface area contributed by atoms with Crippen LogP contribution in [0.2, 0.25) is 0 Å². The van der Waals surface area contributed by atoms with Crippen LogP contribution in [0.3, 0.4) is 0 Å². The van der Waals surface area contributed by atoms with Crippen molar-refractivity contribution in [1.82, 2.24) is 0 Å². The number of phenols is 1. The first-order valence-corrected chi connectivity index (χ1v) is 7.52. The standard InChI is InChI=1S/C19H25NO/c1-14(2)15-8-10-17(11-9-15)20-13-19(3,4)16-6-5-7-18(21)12-16/h5-12,14,20-21H,13H2,1-4H3. The summed E-state index contributed by atoms with van der Waals surface area (Å²) in [7, 11) is 0. The molecule has 0 atom stereocenters. The van der Waals surface area contributed by atoms with Crippen LogP contribution in [0.5, 0.6) is 5.75 Å². The molecule has 2 aromatic carbocycles. The van der Waals surface area contributed by atoms with Gasteiger partial charge < -0.3 is 10.4 Å². The number of nitrogens with one attached hydrogen (secondary N) is 1. The molecule has 21 heavy (non-hydrogen) atoms. The summed E-state index contributed by atoms with van der Waals surface area (Å²) < 4.78 is 0. The molecule has 0 aliphatic heterocycles. The number of rotatable bonds is 5. The monoisotopic (exact) mass is 283 g/mol. The lowest BCUT2D eigenvalue weighted by atomic mass is 9.84. The summed E-state index contributed by atoms with van der Waals surface area (Å²) in [6.07, 6.45) is 0. The van der Waals surface area contributed by atoms with E-state index < -0.39 is 0 Å². The number of aromatic hydroxyl groups is 1. The van der Waals surface area contributed by atoms with Crippen LogP contribution < -0.4 is 5.32 Å². The topological polar surface area (TPSA) is 32.3 Å². The maximum atomic E-state index is 9.62. The minimum atomic E-state index is -0.0462. The van der Waals surface area contributed by atoms with E-state index in [4.69, 9.17) is 0 Å². The summed E-state index contributed by atoms with van der Waals surface area (Å²) in [5, 5.41) is 13.1. The fraction of sp³-hybridized carbons (Fsp3) is 0.368. The van der Waals surface area contributed by atoms with Crippen molar-refractivity contribution in [2.75, 3.05) is 11.9 Å². The summed E-state index contributed by atoms with van der Waals surface area (Å²) in [5.74, 6) is 0.879. The predicted molar refractivity (Wildman–Crippen MR) is 90.2 cm³/mol. The second-order valence-electron chi connectivity index (χ2n) is 6.56. The molecule has 0 bridgehead atoms. The van der Waals surface area contributed by atoms with Crippen molar-refractivity contribution in [1.29, 1.82) is 0 Å². The van der Waals surface area contributed by atoms with Crippen LogP contribution in [-0.2, 0) is 5.41 Å². The minimum Gasteiger partial charge on any atom is -0.508 e. The van der Waals surface area contributed by atoms with Crippen LogP contribution in [0, 0.1) is 0 Å². The fourth-order valence-corrected chi connectivity index (χ4v) is 2.34. The van der Waals surface area contributed by atoms with Crippen LogP contribution in [0.1, 0.15) is 44.7 Å². The van der Waals surface area contributed by atoms with E-state index in [-0.39, 0.29) is 5.41 Å². The highest BCUT2D eigenvalue weighted by atomic mass is 16.3. The molecule has 0 aliphatic rings. The third kappa shape index (κ3) is 4.01. The van der Waals surface area contributed by atoms with E-state index in [2.05, 4.69) is 63.3 Å². The molecular weight excluding hydrogens is 258 g/mol. The number of hydrogen-bond donors (Lipinski definition) is 2. The number of phenolic OH excluding ortho intramolecular Hbond substituents is 1. The van der Waals surface area contributed by atoms with Crippen molar-refractivity contribution in [2.45, 2.75) is 39.0 Å². The van der Waals surface area contributed by atoms with Crippen LogP contribution in [0.15, 0.2) is 48.5 Å². The Morgan fingerprint density at radius 2 is 1.71 bits per heavy atom. The lowest BCUT2D eigenvalue weighted by Crippen LogP contribution is -2.27. The zero-order valence-corrected chi connectivity index (χ0v) is 13.4. The largest absolute Gasteiger partial charge is 0.508 e. The van der Waals surface area contributed by atoms with E-state index in [0.29, 0.717) is 11.7 Å². The van der Waals surface area contributed by atoms with E-state index in [0.717, 1.165) is 17.8 Å². The van der Waals surface area contributed by atoms with Crippen molar-refractivity contribution in [3.63, 3.8) is 0 Å². The molecule has 0 saturated heterocycles. The van der Waals surface area contributed by atoms with Crippen molar-refractivity contribution in [3.05, 3.63) is 59.7 Å². The first kappa shape index (κ1) is 15.4. The first-order chi connectivity index (χ1) is 9.88. The highest BCUT2D eigenvalue weighted by Gasteiger charge is 2.20. The smallest absolute Gasteiger partial charge is 0.115 e. The third-order valence-corrected chi connectivity index (χ3v) is 3.94. The van der Waals surface area contributed by atoms with E-state index >= 15 is 0 Å². The maximum Gasteiger partial charge on any atom is 0.115 e. The number of anilines is 1. The molecule has 2 N–H and O–H groups in total. The Balaban J connectivity index is 2.04. The molecule has 0 heterocycles. The first-order valence-electron chi connectivity index (χ1n) is 7.52. The van der Waals surface area contributed by atoms with Crippen LogP contribution in [0.4, 0.5) is 5.69 Å². The second kappa shape index (κ2) is 6.21. The molecule has 2 aromatic rings. The Kier molecular flexibility index (Phi) is 4.56. The van der Waals surface area contributed by atoms with Crippen molar-refractivity contribution >= 4 is 5.69 Å². The average molecular weight is 283 g/mol. The fourth-order valence-electron chi connectivity index (χ4n) is 2.34. The Morgan fingerprint density at radius 1 is 1.05 bits per heavy atom. The molecule has 2 rings (SSSR count). The van der Waals surface area contributed by atoms with Crippen LogP contribution >= 0.6 is 0 Å². The van der Waals surface area contributed by atoms with Gasteiger partial charge >= 0.3 is 0 Å². The SMILES string of the molecule is CC(C)c1ccc(NCC(C)(C)c2cccc(O)c2)cc1. The zero-order valence-electron chi connectivity index (χ0n) is 13.4. The maximum absolute atomic E-state index is 9.62. The van der Waals surface area contributed by atoms with Gasteiger partial charge in [0.1, 0.15) is 5.75 Å². The Bertz CT molecular complexity index is 585. The normalized spacial score (nSPS) is 11.7. The van der Waals surface area contributed by atoms with Crippen molar-refractivity contribution in [2.24, 2.45) is 0 Å². The summed E-state index contributed by atoms with van der Waals surface area (Å²) in [4.78, 5) is 0. The molecule has 0 saturated carbocycles. The highest BCUT2D eigenvalue weighted by molar-refractivity contribution is 5.46. The number of hydrogen-bond acceptors (Lipinski definition) is 2. The van der Waals surface area contributed by atoms with Gasteiger partial charge in [-0.3, -0.25) is 0 Å². The molecule has 2 nitrogen and oxygen atoms in total. The summed E-state index contributed by atoms with van der Waals surface area (Å²) in [5.41, 5.74) is 3.57. The molecule has 112 valence electrons. The summed E-state index contributed by atoms with van der Waals surface area (Å²) in [6.45, 7) is 9.58. The second-order valence-corrected chi connectivity index (χ2v) is 6.56. The van der Waals surface area contributed by atoms with E-state index in [1.54, 1.807) is 6.07 Å². The predicted octanol–water partition coefficient (Wildman–Crippen LogP) is 4.91. The molecule has 0 fully saturated rings. The van der Waals surface area contributed by atoms with Gasteiger partial charge in [-0.15, -0.1) is 0 Å². The van der Waals surface area contributed by atoms with E-state index in [9.17, 15) is 5.11 Å². The molecule has 2 heteroatoms. The highest BCUT2D eigenvalue weighted by Crippen LogP contribution is 2.27. The van der Waals surface area contributed by atoms with Gasteiger partial charge in [-0.1, -0.05) is 52.0 Å². The van der Waals surface area contributed by atoms with Gasteiger partial charge in [-0.2, -0.15) is 0 Å². The molecule has 0 unspecified atom stereocenters.